The Morgan fingerprint density at radius 2 is 2.05 bits per heavy atom. The molecule has 3 nitrogen and oxygen atoms in total. The third-order valence-electron chi connectivity index (χ3n) is 4.43. The molecule has 0 saturated carbocycles. The minimum Gasteiger partial charge on any atom is -0.388 e. The van der Waals surface area contributed by atoms with Crippen molar-refractivity contribution in [3.63, 3.8) is 0 Å². The van der Waals surface area contributed by atoms with Crippen LogP contribution >= 0.6 is 0 Å². The van der Waals surface area contributed by atoms with E-state index in [1.165, 1.54) is 16.3 Å². The minimum absolute atomic E-state index is 0.0176. The average Bonchev–Trinajstić information content (AvgIpc) is 2.49. The summed E-state index contributed by atoms with van der Waals surface area (Å²) in [6, 6.07) is 12.5. The van der Waals surface area contributed by atoms with Gasteiger partial charge in [0.25, 0.3) is 0 Å². The van der Waals surface area contributed by atoms with E-state index in [-0.39, 0.29) is 12.0 Å². The van der Waals surface area contributed by atoms with Gasteiger partial charge < -0.3 is 10.4 Å². The van der Waals surface area contributed by atoms with Crippen molar-refractivity contribution in [1.29, 1.82) is 0 Å². The number of amides is 1. The molecule has 2 unspecified atom stereocenters. The van der Waals surface area contributed by atoms with Gasteiger partial charge in [-0.25, -0.2) is 0 Å². The summed E-state index contributed by atoms with van der Waals surface area (Å²) in [4.78, 5) is 11.0. The molecule has 0 aromatic heterocycles. The van der Waals surface area contributed by atoms with E-state index in [9.17, 15) is 9.90 Å². The lowest BCUT2D eigenvalue weighted by atomic mass is 9.77. The van der Waals surface area contributed by atoms with Crippen LogP contribution in [-0.2, 0) is 4.79 Å². The van der Waals surface area contributed by atoms with Crippen LogP contribution in [-0.4, -0.2) is 17.6 Å². The SMILES string of the molecule is CC(=O)NCCC1CCC(O)c2ccc3ccccc3c21. The summed E-state index contributed by atoms with van der Waals surface area (Å²) in [5, 5.41) is 15.6. The summed E-state index contributed by atoms with van der Waals surface area (Å²) < 4.78 is 0. The molecule has 2 aromatic carbocycles. The smallest absolute Gasteiger partial charge is 0.216 e. The van der Waals surface area contributed by atoms with Gasteiger partial charge in [0.1, 0.15) is 0 Å². The second-order valence-electron chi connectivity index (χ2n) is 5.85. The van der Waals surface area contributed by atoms with Gasteiger partial charge in [-0.3, -0.25) is 4.79 Å². The maximum absolute atomic E-state index is 11.0. The van der Waals surface area contributed by atoms with Crippen molar-refractivity contribution in [2.24, 2.45) is 0 Å². The van der Waals surface area contributed by atoms with Crippen LogP contribution in [0.2, 0.25) is 0 Å². The first-order chi connectivity index (χ1) is 10.2. The van der Waals surface area contributed by atoms with E-state index < -0.39 is 0 Å². The van der Waals surface area contributed by atoms with E-state index >= 15 is 0 Å². The number of aliphatic hydroxyl groups is 1. The van der Waals surface area contributed by atoms with Gasteiger partial charge in [0.05, 0.1) is 6.10 Å². The molecule has 2 N–H and O–H groups in total. The third-order valence-corrected chi connectivity index (χ3v) is 4.43. The number of aliphatic hydroxyl groups excluding tert-OH is 1. The molecule has 3 rings (SSSR count). The Balaban J connectivity index is 1.98. The Morgan fingerprint density at radius 3 is 2.86 bits per heavy atom. The average molecular weight is 283 g/mol. The fourth-order valence-corrected chi connectivity index (χ4v) is 3.43. The van der Waals surface area contributed by atoms with Gasteiger partial charge in [-0.05, 0) is 47.1 Å². The fraction of sp³-hybridized carbons (Fsp3) is 0.389. The highest BCUT2D eigenvalue weighted by Gasteiger charge is 2.27. The van der Waals surface area contributed by atoms with Crippen LogP contribution in [0, 0.1) is 0 Å². The van der Waals surface area contributed by atoms with E-state index in [1.807, 2.05) is 6.07 Å². The van der Waals surface area contributed by atoms with E-state index in [0.717, 1.165) is 24.8 Å². The molecule has 1 aliphatic rings. The lowest BCUT2D eigenvalue weighted by molar-refractivity contribution is -0.118. The zero-order chi connectivity index (χ0) is 14.8. The first-order valence-corrected chi connectivity index (χ1v) is 7.61. The monoisotopic (exact) mass is 283 g/mol. The van der Waals surface area contributed by atoms with Gasteiger partial charge in [0.2, 0.25) is 5.91 Å². The molecule has 0 radical (unpaired) electrons. The van der Waals surface area contributed by atoms with Crippen molar-refractivity contribution in [1.82, 2.24) is 5.32 Å². The van der Waals surface area contributed by atoms with Gasteiger partial charge in [-0.15, -0.1) is 0 Å². The molecule has 0 saturated heterocycles. The van der Waals surface area contributed by atoms with E-state index in [1.54, 1.807) is 6.92 Å². The fourth-order valence-electron chi connectivity index (χ4n) is 3.43. The standard InChI is InChI=1S/C18H21NO2/c1-12(20)19-11-10-14-7-9-17(21)16-8-6-13-4-2-3-5-15(13)18(14)16/h2-6,8,14,17,21H,7,9-11H2,1H3,(H,19,20). The van der Waals surface area contributed by atoms with Crippen molar-refractivity contribution >= 4 is 16.7 Å². The van der Waals surface area contributed by atoms with Gasteiger partial charge in [0, 0.05) is 13.5 Å². The summed E-state index contributed by atoms with van der Waals surface area (Å²) in [6.45, 7) is 2.24. The first-order valence-electron chi connectivity index (χ1n) is 7.61. The van der Waals surface area contributed by atoms with Gasteiger partial charge >= 0.3 is 0 Å². The Labute approximate surface area is 125 Å². The van der Waals surface area contributed by atoms with Crippen molar-refractivity contribution in [2.75, 3.05) is 6.54 Å². The number of hydrogen-bond donors (Lipinski definition) is 2. The Hall–Kier alpha value is -1.87. The number of hydrogen-bond acceptors (Lipinski definition) is 2. The summed E-state index contributed by atoms with van der Waals surface area (Å²) in [5.41, 5.74) is 2.34. The summed E-state index contributed by atoms with van der Waals surface area (Å²) in [6.07, 6.45) is 2.34. The first kappa shape index (κ1) is 14.1. The zero-order valence-corrected chi connectivity index (χ0v) is 12.3. The highest BCUT2D eigenvalue weighted by atomic mass is 16.3. The van der Waals surface area contributed by atoms with Crippen molar-refractivity contribution in [3.8, 4) is 0 Å². The van der Waals surface area contributed by atoms with Gasteiger partial charge in [-0.1, -0.05) is 36.4 Å². The second kappa shape index (κ2) is 5.86. The normalized spacial score (nSPS) is 21.0. The summed E-state index contributed by atoms with van der Waals surface area (Å²) >= 11 is 0. The Morgan fingerprint density at radius 1 is 1.24 bits per heavy atom. The van der Waals surface area contributed by atoms with Crippen LogP contribution in [0.15, 0.2) is 36.4 Å². The predicted octanol–water partition coefficient (Wildman–Crippen LogP) is 3.28. The quantitative estimate of drug-likeness (QED) is 0.908. The van der Waals surface area contributed by atoms with Gasteiger partial charge in [-0.2, -0.15) is 0 Å². The highest BCUT2D eigenvalue weighted by molar-refractivity contribution is 5.87. The molecule has 21 heavy (non-hydrogen) atoms. The number of carbonyl (C=O) groups is 1. The number of fused-ring (bicyclic) bond motifs is 3. The van der Waals surface area contributed by atoms with Crippen LogP contribution in [0.25, 0.3) is 10.8 Å². The molecule has 0 bridgehead atoms. The largest absolute Gasteiger partial charge is 0.388 e. The minimum atomic E-state index is -0.360. The lowest BCUT2D eigenvalue weighted by Crippen LogP contribution is -2.24. The molecular formula is C18H21NO2. The number of carbonyl (C=O) groups excluding carboxylic acids is 1. The lowest BCUT2D eigenvalue weighted by Gasteiger charge is -2.30. The summed E-state index contributed by atoms with van der Waals surface area (Å²) in [7, 11) is 0. The van der Waals surface area contributed by atoms with Crippen LogP contribution in [0.4, 0.5) is 0 Å². The van der Waals surface area contributed by atoms with Crippen LogP contribution < -0.4 is 5.32 Å². The van der Waals surface area contributed by atoms with Crippen molar-refractivity contribution in [3.05, 3.63) is 47.5 Å². The van der Waals surface area contributed by atoms with Crippen molar-refractivity contribution in [2.45, 2.75) is 38.2 Å². The third kappa shape index (κ3) is 2.79. The molecule has 0 spiro atoms. The molecule has 1 aliphatic carbocycles. The molecule has 110 valence electrons. The van der Waals surface area contributed by atoms with Crippen molar-refractivity contribution < 1.29 is 9.90 Å². The zero-order valence-electron chi connectivity index (χ0n) is 12.3. The molecule has 3 heteroatoms. The molecule has 1 amide bonds. The number of nitrogens with one attached hydrogen (secondary N) is 1. The van der Waals surface area contributed by atoms with Crippen LogP contribution in [0.1, 0.15) is 49.3 Å². The Kier molecular flexibility index (Phi) is 3.93. The predicted molar refractivity (Wildman–Crippen MR) is 84.2 cm³/mol. The molecule has 2 aromatic rings. The van der Waals surface area contributed by atoms with Crippen LogP contribution in [0.3, 0.4) is 0 Å². The maximum atomic E-state index is 11.0. The number of benzene rings is 2. The molecule has 0 heterocycles. The maximum Gasteiger partial charge on any atom is 0.216 e. The second-order valence-corrected chi connectivity index (χ2v) is 5.85. The van der Waals surface area contributed by atoms with E-state index in [0.29, 0.717) is 12.5 Å². The molecule has 0 aliphatic heterocycles. The highest BCUT2D eigenvalue weighted by Crippen LogP contribution is 2.42. The topological polar surface area (TPSA) is 49.3 Å². The molecule has 2 atom stereocenters. The molecule has 0 fully saturated rings. The summed E-state index contributed by atoms with van der Waals surface area (Å²) in [5.74, 6) is 0.422. The number of rotatable bonds is 3. The van der Waals surface area contributed by atoms with E-state index in [2.05, 4.69) is 35.6 Å². The van der Waals surface area contributed by atoms with Crippen LogP contribution in [0.5, 0.6) is 0 Å². The van der Waals surface area contributed by atoms with Gasteiger partial charge in [0.15, 0.2) is 0 Å². The molecular weight excluding hydrogens is 262 g/mol. The van der Waals surface area contributed by atoms with E-state index in [4.69, 9.17) is 0 Å². The Bertz CT molecular complexity index is 665.